The lowest BCUT2D eigenvalue weighted by molar-refractivity contribution is -0.141. The summed E-state index contributed by atoms with van der Waals surface area (Å²) in [6, 6.07) is 9.36. The van der Waals surface area contributed by atoms with Crippen molar-refractivity contribution in [2.24, 2.45) is 11.8 Å². The van der Waals surface area contributed by atoms with Crippen LogP contribution < -0.4 is 5.32 Å². The Morgan fingerprint density at radius 3 is 2.52 bits per heavy atom. The van der Waals surface area contributed by atoms with Gasteiger partial charge in [0.2, 0.25) is 5.91 Å². The molecule has 0 aliphatic heterocycles. The first kappa shape index (κ1) is 15.1. The first-order valence-corrected chi connectivity index (χ1v) is 7.13. The molecule has 0 spiro atoms. The van der Waals surface area contributed by atoms with Gasteiger partial charge < -0.3 is 10.4 Å². The highest BCUT2D eigenvalue weighted by molar-refractivity contribution is 5.81. The predicted molar refractivity (Wildman–Crippen MR) is 79.2 cm³/mol. The third-order valence-electron chi connectivity index (χ3n) is 3.99. The second-order valence-corrected chi connectivity index (χ2v) is 5.43. The molecule has 1 aliphatic carbocycles. The van der Waals surface area contributed by atoms with E-state index >= 15 is 0 Å². The largest absolute Gasteiger partial charge is 0.481 e. The highest BCUT2D eigenvalue weighted by Crippen LogP contribution is 2.31. The Balaban J connectivity index is 2.00. The first-order valence-electron chi connectivity index (χ1n) is 7.13. The summed E-state index contributed by atoms with van der Waals surface area (Å²) >= 11 is 0. The van der Waals surface area contributed by atoms with Crippen molar-refractivity contribution in [1.29, 1.82) is 0 Å². The van der Waals surface area contributed by atoms with Crippen molar-refractivity contribution in [2.45, 2.75) is 31.7 Å². The minimum Gasteiger partial charge on any atom is -0.481 e. The van der Waals surface area contributed by atoms with Crippen molar-refractivity contribution in [1.82, 2.24) is 5.32 Å². The Morgan fingerprint density at radius 1 is 1.29 bits per heavy atom. The maximum Gasteiger partial charge on any atom is 0.306 e. The fourth-order valence-corrected chi connectivity index (χ4v) is 2.79. The van der Waals surface area contributed by atoms with E-state index in [9.17, 15) is 9.59 Å². The number of hydrogen-bond donors (Lipinski definition) is 2. The lowest BCUT2D eigenvalue weighted by Gasteiger charge is -2.19. The van der Waals surface area contributed by atoms with Crippen LogP contribution in [0.1, 0.15) is 37.3 Å². The zero-order valence-electron chi connectivity index (χ0n) is 11.8. The molecular formula is C17H19NO3. The number of terminal acetylenes is 1. The van der Waals surface area contributed by atoms with Crippen LogP contribution in [-0.4, -0.2) is 17.0 Å². The molecule has 0 radical (unpaired) electrons. The molecule has 0 heterocycles. The molecule has 4 nitrogen and oxygen atoms in total. The second kappa shape index (κ2) is 6.94. The summed E-state index contributed by atoms with van der Waals surface area (Å²) in [7, 11) is 0. The summed E-state index contributed by atoms with van der Waals surface area (Å²) in [5, 5.41) is 12.0. The fraction of sp³-hybridized carbons (Fsp3) is 0.412. The Hall–Kier alpha value is -2.28. The molecule has 1 saturated carbocycles. The Kier molecular flexibility index (Phi) is 4.99. The predicted octanol–water partition coefficient (Wildman–Crippen LogP) is 2.37. The standard InChI is InChI=1S/C17H19NO3/c1-2-6-15(12-7-4-3-5-8-12)18-16(19)13-9-10-14(11-13)17(20)21/h1,3-5,7-8,13-15H,6,9-11H2,(H,18,19)(H,20,21)/t13-,14+,15?/m0/s1. The number of hydrogen-bond acceptors (Lipinski definition) is 2. The van der Waals surface area contributed by atoms with Crippen molar-refractivity contribution in [3.05, 3.63) is 35.9 Å². The molecule has 0 bridgehead atoms. The van der Waals surface area contributed by atoms with E-state index in [2.05, 4.69) is 11.2 Å². The number of rotatable bonds is 5. The van der Waals surface area contributed by atoms with Gasteiger partial charge in [0.05, 0.1) is 12.0 Å². The van der Waals surface area contributed by atoms with Crippen LogP contribution in [0.4, 0.5) is 0 Å². The minimum atomic E-state index is -0.812. The lowest BCUT2D eigenvalue weighted by Crippen LogP contribution is -2.33. The number of amides is 1. The van der Waals surface area contributed by atoms with Crippen LogP contribution in [0.15, 0.2) is 30.3 Å². The van der Waals surface area contributed by atoms with E-state index in [-0.39, 0.29) is 17.9 Å². The van der Waals surface area contributed by atoms with E-state index in [0.29, 0.717) is 25.7 Å². The minimum absolute atomic E-state index is 0.0946. The second-order valence-electron chi connectivity index (χ2n) is 5.43. The Bertz CT molecular complexity index is 547. The van der Waals surface area contributed by atoms with Gasteiger partial charge >= 0.3 is 5.97 Å². The van der Waals surface area contributed by atoms with Crippen LogP contribution >= 0.6 is 0 Å². The monoisotopic (exact) mass is 285 g/mol. The molecule has 2 rings (SSSR count). The van der Waals surface area contributed by atoms with Gasteiger partial charge in [-0.1, -0.05) is 30.3 Å². The molecule has 1 aromatic carbocycles. The number of carbonyl (C=O) groups is 2. The van der Waals surface area contributed by atoms with Gasteiger partial charge in [0.15, 0.2) is 0 Å². The lowest BCUT2D eigenvalue weighted by atomic mass is 10.0. The molecule has 1 unspecified atom stereocenters. The number of carbonyl (C=O) groups excluding carboxylic acids is 1. The van der Waals surface area contributed by atoms with Gasteiger partial charge in [-0.2, -0.15) is 0 Å². The third kappa shape index (κ3) is 3.85. The van der Waals surface area contributed by atoms with Gasteiger partial charge in [-0.05, 0) is 24.8 Å². The third-order valence-corrected chi connectivity index (χ3v) is 3.99. The van der Waals surface area contributed by atoms with Gasteiger partial charge in [-0.3, -0.25) is 9.59 Å². The molecule has 2 N–H and O–H groups in total. The summed E-state index contributed by atoms with van der Waals surface area (Å²) in [6.07, 6.45) is 7.41. The van der Waals surface area contributed by atoms with Crippen LogP contribution in [0.2, 0.25) is 0 Å². The van der Waals surface area contributed by atoms with Crippen molar-refractivity contribution in [2.75, 3.05) is 0 Å². The molecule has 21 heavy (non-hydrogen) atoms. The van der Waals surface area contributed by atoms with Crippen molar-refractivity contribution in [3.63, 3.8) is 0 Å². The molecule has 0 aromatic heterocycles. The van der Waals surface area contributed by atoms with Crippen molar-refractivity contribution in [3.8, 4) is 12.3 Å². The average molecular weight is 285 g/mol. The number of benzene rings is 1. The summed E-state index contributed by atoms with van der Waals surface area (Å²) in [5.74, 6) is 1.05. The van der Waals surface area contributed by atoms with E-state index in [0.717, 1.165) is 5.56 Å². The normalized spacial score (nSPS) is 22.2. The molecule has 4 heteroatoms. The fourth-order valence-electron chi connectivity index (χ4n) is 2.79. The van der Waals surface area contributed by atoms with Crippen LogP contribution in [0.3, 0.4) is 0 Å². The van der Waals surface area contributed by atoms with Gasteiger partial charge in [0.1, 0.15) is 0 Å². The number of carboxylic acid groups (broad SMARTS) is 1. The first-order chi connectivity index (χ1) is 10.1. The quantitative estimate of drug-likeness (QED) is 0.816. The highest BCUT2D eigenvalue weighted by Gasteiger charge is 2.34. The van der Waals surface area contributed by atoms with Gasteiger partial charge in [-0.15, -0.1) is 12.3 Å². The van der Waals surface area contributed by atoms with Gasteiger partial charge in [-0.25, -0.2) is 0 Å². The molecule has 3 atom stereocenters. The number of nitrogens with one attached hydrogen (secondary N) is 1. The van der Waals surface area contributed by atoms with E-state index in [1.54, 1.807) is 0 Å². The molecule has 1 aromatic rings. The Morgan fingerprint density at radius 2 is 1.95 bits per heavy atom. The van der Waals surface area contributed by atoms with E-state index in [1.165, 1.54) is 0 Å². The van der Waals surface area contributed by atoms with E-state index < -0.39 is 11.9 Å². The molecule has 0 saturated heterocycles. The molecule has 1 fully saturated rings. The van der Waals surface area contributed by atoms with E-state index in [1.807, 2.05) is 30.3 Å². The topological polar surface area (TPSA) is 66.4 Å². The van der Waals surface area contributed by atoms with Crippen molar-refractivity contribution < 1.29 is 14.7 Å². The SMILES string of the molecule is C#CCC(NC(=O)[C@H]1CC[C@@H](C(=O)O)C1)c1ccccc1. The van der Waals surface area contributed by atoms with Crippen molar-refractivity contribution >= 4 is 11.9 Å². The smallest absolute Gasteiger partial charge is 0.306 e. The summed E-state index contributed by atoms with van der Waals surface area (Å²) in [5.41, 5.74) is 0.969. The molecular weight excluding hydrogens is 266 g/mol. The van der Waals surface area contributed by atoms with Crippen LogP contribution in [0, 0.1) is 24.2 Å². The van der Waals surface area contributed by atoms with Gasteiger partial charge in [0.25, 0.3) is 0 Å². The summed E-state index contributed by atoms with van der Waals surface area (Å²) in [4.78, 5) is 23.3. The summed E-state index contributed by atoms with van der Waals surface area (Å²) < 4.78 is 0. The average Bonchev–Trinajstić information content (AvgIpc) is 2.98. The zero-order chi connectivity index (χ0) is 15.2. The number of aliphatic carboxylic acids is 1. The van der Waals surface area contributed by atoms with E-state index in [4.69, 9.17) is 11.5 Å². The molecule has 1 amide bonds. The maximum atomic E-state index is 12.3. The van der Waals surface area contributed by atoms with Crippen LogP contribution in [0.5, 0.6) is 0 Å². The number of carboxylic acids is 1. The molecule has 1 aliphatic rings. The van der Waals surface area contributed by atoms with Crippen LogP contribution in [-0.2, 0) is 9.59 Å². The summed E-state index contributed by atoms with van der Waals surface area (Å²) in [6.45, 7) is 0. The van der Waals surface area contributed by atoms with Crippen LogP contribution in [0.25, 0.3) is 0 Å². The zero-order valence-corrected chi connectivity index (χ0v) is 11.8. The molecule has 110 valence electrons. The highest BCUT2D eigenvalue weighted by atomic mass is 16.4. The van der Waals surface area contributed by atoms with Gasteiger partial charge in [0, 0.05) is 12.3 Å². The Labute approximate surface area is 124 Å². The maximum absolute atomic E-state index is 12.3.